The molecule has 3 fully saturated rings. The smallest absolute Gasteiger partial charge is 0.253 e. The van der Waals surface area contributed by atoms with Gasteiger partial charge in [-0.1, -0.05) is 0 Å². The van der Waals surface area contributed by atoms with Crippen LogP contribution in [-0.4, -0.2) is 52.4 Å². The molecular weight excluding hydrogens is 302 g/mol. The summed E-state index contributed by atoms with van der Waals surface area (Å²) in [4.78, 5) is 29.0. The fourth-order valence-electron chi connectivity index (χ4n) is 4.11. The molecule has 3 saturated heterocycles. The highest BCUT2D eigenvalue weighted by molar-refractivity contribution is 5.98. The molecule has 3 aliphatic rings. The number of hydrogen-bond donors (Lipinski definition) is 0. The standard InChI is InChI=1S/C19H23N3O2/c1-3-21-9-8-13-10-14(5-7-17(13)21)19(24)22-11-15-4-6-16(12-22)20(2)18(15)23/h5,7-10,15-16H,3-4,6,11-12H2,1-2H3/t15-,16+/m1/s1. The number of aryl methyl sites for hydroxylation is 1. The molecule has 2 amide bonds. The minimum Gasteiger partial charge on any atom is -0.348 e. The van der Waals surface area contributed by atoms with Crippen LogP contribution in [0.1, 0.15) is 30.1 Å². The summed E-state index contributed by atoms with van der Waals surface area (Å²) in [5.41, 5.74) is 1.87. The van der Waals surface area contributed by atoms with Crippen LogP contribution >= 0.6 is 0 Å². The lowest BCUT2D eigenvalue weighted by Crippen LogP contribution is -2.45. The van der Waals surface area contributed by atoms with E-state index in [1.54, 1.807) is 0 Å². The third-order valence-corrected chi connectivity index (χ3v) is 5.61. The first-order valence-corrected chi connectivity index (χ1v) is 8.73. The zero-order valence-corrected chi connectivity index (χ0v) is 14.2. The summed E-state index contributed by atoms with van der Waals surface area (Å²) >= 11 is 0. The number of rotatable bonds is 2. The first kappa shape index (κ1) is 15.2. The fraction of sp³-hybridized carbons (Fsp3) is 0.474. The maximum Gasteiger partial charge on any atom is 0.253 e. The Balaban J connectivity index is 1.63. The van der Waals surface area contributed by atoms with Crippen molar-refractivity contribution in [2.45, 2.75) is 32.4 Å². The van der Waals surface area contributed by atoms with Gasteiger partial charge in [0.25, 0.3) is 5.91 Å². The van der Waals surface area contributed by atoms with Crippen LogP contribution in [0.3, 0.4) is 0 Å². The van der Waals surface area contributed by atoms with Crippen LogP contribution in [0, 0.1) is 5.92 Å². The lowest BCUT2D eigenvalue weighted by Gasteiger charge is -2.32. The lowest BCUT2D eigenvalue weighted by atomic mass is 9.95. The predicted octanol–water partition coefficient (Wildman–Crippen LogP) is 2.35. The number of fused-ring (bicyclic) bond motifs is 5. The molecule has 0 N–H and O–H groups in total. The monoisotopic (exact) mass is 325 g/mol. The molecule has 0 radical (unpaired) electrons. The van der Waals surface area contributed by atoms with Gasteiger partial charge < -0.3 is 14.4 Å². The molecule has 2 atom stereocenters. The van der Waals surface area contributed by atoms with Gasteiger partial charge in [0, 0.05) is 55.4 Å². The van der Waals surface area contributed by atoms with Crippen molar-refractivity contribution in [3.63, 3.8) is 0 Å². The number of nitrogens with zero attached hydrogens (tertiary/aromatic N) is 3. The Morgan fingerprint density at radius 1 is 1.21 bits per heavy atom. The van der Waals surface area contributed by atoms with E-state index in [0.717, 1.165) is 30.3 Å². The fourth-order valence-corrected chi connectivity index (χ4v) is 4.11. The highest BCUT2D eigenvalue weighted by Crippen LogP contribution is 2.29. The number of piperidine rings is 1. The molecule has 0 spiro atoms. The van der Waals surface area contributed by atoms with Gasteiger partial charge in [-0.3, -0.25) is 9.59 Å². The van der Waals surface area contributed by atoms with Gasteiger partial charge in [-0.25, -0.2) is 0 Å². The van der Waals surface area contributed by atoms with E-state index >= 15 is 0 Å². The van der Waals surface area contributed by atoms with Crippen LogP contribution in [0.5, 0.6) is 0 Å². The normalized spacial score (nSPS) is 23.8. The molecule has 1 aromatic heterocycles. The molecular formula is C19H23N3O2. The first-order chi connectivity index (χ1) is 11.6. The summed E-state index contributed by atoms with van der Waals surface area (Å²) in [6, 6.07) is 8.12. The molecule has 2 bridgehead atoms. The van der Waals surface area contributed by atoms with Gasteiger partial charge in [0.15, 0.2) is 0 Å². The summed E-state index contributed by atoms with van der Waals surface area (Å²) in [5, 5.41) is 1.09. The quantitative estimate of drug-likeness (QED) is 0.851. The van der Waals surface area contributed by atoms with Crippen molar-refractivity contribution in [1.82, 2.24) is 14.4 Å². The van der Waals surface area contributed by atoms with E-state index < -0.39 is 0 Å². The summed E-state index contributed by atoms with van der Waals surface area (Å²) in [7, 11) is 1.87. The highest BCUT2D eigenvalue weighted by atomic mass is 16.2. The number of amides is 2. The number of carbonyl (C=O) groups excluding carboxylic acids is 2. The van der Waals surface area contributed by atoms with Gasteiger partial charge in [0.1, 0.15) is 0 Å². The van der Waals surface area contributed by atoms with E-state index in [0.29, 0.717) is 18.7 Å². The van der Waals surface area contributed by atoms with E-state index in [1.807, 2.05) is 35.0 Å². The molecule has 2 aromatic rings. The van der Waals surface area contributed by atoms with E-state index in [4.69, 9.17) is 0 Å². The Bertz CT molecular complexity index is 810. The molecule has 0 unspecified atom stereocenters. The summed E-state index contributed by atoms with van der Waals surface area (Å²) in [6.45, 7) is 4.22. The zero-order valence-electron chi connectivity index (χ0n) is 14.2. The maximum absolute atomic E-state index is 13.0. The minimum atomic E-state index is -0.0393. The van der Waals surface area contributed by atoms with Crippen LogP contribution in [0.15, 0.2) is 30.5 Å². The van der Waals surface area contributed by atoms with Crippen molar-refractivity contribution >= 4 is 22.7 Å². The highest BCUT2D eigenvalue weighted by Gasteiger charge is 2.40. The number of carbonyl (C=O) groups is 2. The molecule has 0 saturated carbocycles. The second-order valence-corrected chi connectivity index (χ2v) is 6.96. The molecule has 3 aliphatic heterocycles. The maximum atomic E-state index is 13.0. The topological polar surface area (TPSA) is 45.6 Å². The molecule has 24 heavy (non-hydrogen) atoms. The van der Waals surface area contributed by atoms with Crippen molar-refractivity contribution in [2.24, 2.45) is 5.92 Å². The largest absolute Gasteiger partial charge is 0.348 e. The van der Waals surface area contributed by atoms with E-state index in [1.165, 1.54) is 0 Å². The number of likely N-dealkylation sites (N-methyl/N-ethyl adjacent to an activating group) is 1. The predicted molar refractivity (Wildman–Crippen MR) is 92.8 cm³/mol. The Hall–Kier alpha value is -2.30. The van der Waals surface area contributed by atoms with Gasteiger partial charge in [-0.15, -0.1) is 0 Å². The van der Waals surface area contributed by atoms with Crippen molar-refractivity contribution in [3.05, 3.63) is 36.0 Å². The molecule has 1 aromatic carbocycles. The molecule has 5 heteroatoms. The Kier molecular flexibility index (Phi) is 3.59. The minimum absolute atomic E-state index is 0.0393. The number of hydrogen-bond acceptors (Lipinski definition) is 2. The van der Waals surface area contributed by atoms with Crippen LogP contribution in [0.4, 0.5) is 0 Å². The van der Waals surface area contributed by atoms with Crippen LogP contribution in [0.2, 0.25) is 0 Å². The van der Waals surface area contributed by atoms with E-state index in [2.05, 4.69) is 23.8 Å². The van der Waals surface area contributed by atoms with Crippen molar-refractivity contribution < 1.29 is 9.59 Å². The zero-order chi connectivity index (χ0) is 16.8. The summed E-state index contributed by atoms with van der Waals surface area (Å²) in [5.74, 6) is 0.195. The van der Waals surface area contributed by atoms with Gasteiger partial charge in [-0.05, 0) is 44.0 Å². The molecule has 0 aliphatic carbocycles. The molecule has 126 valence electrons. The van der Waals surface area contributed by atoms with E-state index in [9.17, 15) is 9.59 Å². The van der Waals surface area contributed by atoms with Gasteiger partial charge >= 0.3 is 0 Å². The van der Waals surface area contributed by atoms with Crippen LogP contribution < -0.4 is 0 Å². The number of aromatic nitrogens is 1. The first-order valence-electron chi connectivity index (χ1n) is 8.73. The Morgan fingerprint density at radius 3 is 2.83 bits per heavy atom. The molecule has 4 heterocycles. The Labute approximate surface area is 141 Å². The van der Waals surface area contributed by atoms with Crippen molar-refractivity contribution in [1.29, 1.82) is 0 Å². The van der Waals surface area contributed by atoms with Gasteiger partial charge in [0.05, 0.1) is 5.92 Å². The second-order valence-electron chi connectivity index (χ2n) is 6.96. The van der Waals surface area contributed by atoms with E-state index in [-0.39, 0.29) is 23.8 Å². The van der Waals surface area contributed by atoms with Gasteiger partial charge in [-0.2, -0.15) is 0 Å². The third-order valence-electron chi connectivity index (χ3n) is 5.61. The van der Waals surface area contributed by atoms with Crippen LogP contribution in [0.25, 0.3) is 10.9 Å². The molecule has 5 rings (SSSR count). The molecule has 5 nitrogen and oxygen atoms in total. The average Bonchev–Trinajstić information content (AvgIpc) is 2.82. The van der Waals surface area contributed by atoms with Crippen molar-refractivity contribution in [3.8, 4) is 0 Å². The number of benzene rings is 1. The van der Waals surface area contributed by atoms with Crippen molar-refractivity contribution in [2.75, 3.05) is 20.1 Å². The second kappa shape index (κ2) is 5.65. The summed E-state index contributed by atoms with van der Waals surface area (Å²) < 4.78 is 2.17. The summed E-state index contributed by atoms with van der Waals surface area (Å²) in [6.07, 6.45) is 3.95. The van der Waals surface area contributed by atoms with Crippen LogP contribution in [-0.2, 0) is 11.3 Å². The average molecular weight is 325 g/mol. The lowest BCUT2D eigenvalue weighted by molar-refractivity contribution is -0.138. The third kappa shape index (κ3) is 2.30. The van der Waals surface area contributed by atoms with Gasteiger partial charge in [0.2, 0.25) is 5.91 Å². The SMILES string of the molecule is CCn1ccc2cc(C(=O)N3C[C@H]4CC[C@@H](C3)N(C)C4=O)ccc21. The Morgan fingerprint density at radius 2 is 2.04 bits per heavy atom.